The van der Waals surface area contributed by atoms with Gasteiger partial charge in [-0.15, -0.1) is 0 Å². The second-order valence-corrected chi connectivity index (χ2v) is 7.24. The lowest BCUT2D eigenvalue weighted by Crippen LogP contribution is -2.52. The van der Waals surface area contributed by atoms with Gasteiger partial charge in [0, 0.05) is 36.9 Å². The first kappa shape index (κ1) is 17.8. The van der Waals surface area contributed by atoms with Crippen LogP contribution in [0.4, 0.5) is 11.4 Å². The predicted octanol–water partition coefficient (Wildman–Crippen LogP) is 2.50. The van der Waals surface area contributed by atoms with Gasteiger partial charge < -0.3 is 10.0 Å². The number of imide groups is 1. The van der Waals surface area contributed by atoms with Crippen molar-refractivity contribution in [3.63, 3.8) is 0 Å². The number of benzene rings is 2. The standard InChI is InChI=1S/C20H20ClN3O3/c21-14-1-3-16(4-2-14)24-19(26)13-18(20(24)27)23-11-9-22(10-12-23)15-5-7-17(25)8-6-15/h1-8,18,25H,9-13H2/t18-/m0/s1. The summed E-state index contributed by atoms with van der Waals surface area (Å²) in [7, 11) is 0. The number of hydrogen-bond acceptors (Lipinski definition) is 5. The van der Waals surface area contributed by atoms with Crippen LogP contribution in [-0.4, -0.2) is 54.0 Å². The first-order valence-corrected chi connectivity index (χ1v) is 9.31. The molecule has 140 valence electrons. The first-order chi connectivity index (χ1) is 13.0. The monoisotopic (exact) mass is 385 g/mol. The fourth-order valence-electron chi connectivity index (χ4n) is 3.72. The van der Waals surface area contributed by atoms with Gasteiger partial charge in [-0.2, -0.15) is 0 Å². The number of halogens is 1. The summed E-state index contributed by atoms with van der Waals surface area (Å²) in [6.45, 7) is 2.95. The molecule has 27 heavy (non-hydrogen) atoms. The number of piperazine rings is 1. The Morgan fingerprint density at radius 2 is 1.44 bits per heavy atom. The van der Waals surface area contributed by atoms with Crippen molar-refractivity contribution < 1.29 is 14.7 Å². The molecule has 2 aliphatic rings. The average Bonchev–Trinajstić information content (AvgIpc) is 2.98. The number of anilines is 2. The molecular formula is C20H20ClN3O3. The number of rotatable bonds is 3. The van der Waals surface area contributed by atoms with E-state index in [-0.39, 0.29) is 24.0 Å². The van der Waals surface area contributed by atoms with Gasteiger partial charge in [-0.3, -0.25) is 14.5 Å². The van der Waals surface area contributed by atoms with Crippen molar-refractivity contribution in [3.8, 4) is 5.75 Å². The highest BCUT2D eigenvalue weighted by atomic mass is 35.5. The second-order valence-electron chi connectivity index (χ2n) is 6.80. The number of phenols is 1. The number of carbonyl (C=O) groups is 2. The molecule has 6 nitrogen and oxygen atoms in total. The Labute approximate surface area is 162 Å². The van der Waals surface area contributed by atoms with E-state index in [2.05, 4.69) is 9.80 Å². The molecule has 2 aromatic rings. The van der Waals surface area contributed by atoms with E-state index in [4.69, 9.17) is 11.6 Å². The van der Waals surface area contributed by atoms with Gasteiger partial charge in [0.05, 0.1) is 18.2 Å². The van der Waals surface area contributed by atoms with Crippen molar-refractivity contribution in [2.24, 2.45) is 0 Å². The highest BCUT2D eigenvalue weighted by molar-refractivity contribution is 6.30. The third-order valence-electron chi connectivity index (χ3n) is 5.18. The van der Waals surface area contributed by atoms with Gasteiger partial charge in [0.15, 0.2) is 0 Å². The van der Waals surface area contributed by atoms with Crippen LogP contribution in [-0.2, 0) is 9.59 Å². The molecule has 0 spiro atoms. The summed E-state index contributed by atoms with van der Waals surface area (Å²) in [6, 6.07) is 13.5. The lowest BCUT2D eigenvalue weighted by molar-refractivity contribution is -0.123. The number of aromatic hydroxyl groups is 1. The Morgan fingerprint density at radius 3 is 2.07 bits per heavy atom. The van der Waals surface area contributed by atoms with Crippen molar-refractivity contribution >= 4 is 34.8 Å². The molecule has 2 fully saturated rings. The van der Waals surface area contributed by atoms with Crippen LogP contribution in [0.5, 0.6) is 5.75 Å². The summed E-state index contributed by atoms with van der Waals surface area (Å²) < 4.78 is 0. The van der Waals surface area contributed by atoms with Crippen LogP contribution >= 0.6 is 11.6 Å². The Bertz CT molecular complexity index is 846. The van der Waals surface area contributed by atoms with E-state index in [1.807, 2.05) is 12.1 Å². The van der Waals surface area contributed by atoms with Gasteiger partial charge >= 0.3 is 0 Å². The van der Waals surface area contributed by atoms with E-state index in [0.717, 1.165) is 18.8 Å². The van der Waals surface area contributed by atoms with Crippen molar-refractivity contribution in [1.29, 1.82) is 0 Å². The molecule has 4 rings (SSSR count). The number of hydrogen-bond donors (Lipinski definition) is 1. The van der Waals surface area contributed by atoms with Crippen LogP contribution in [0.2, 0.25) is 5.02 Å². The van der Waals surface area contributed by atoms with Crippen LogP contribution in [0.15, 0.2) is 48.5 Å². The summed E-state index contributed by atoms with van der Waals surface area (Å²) in [5.74, 6) is -0.0940. The zero-order chi connectivity index (χ0) is 19.0. The maximum Gasteiger partial charge on any atom is 0.251 e. The molecule has 0 aromatic heterocycles. The fourth-order valence-corrected chi connectivity index (χ4v) is 3.84. The highest BCUT2D eigenvalue weighted by Gasteiger charge is 2.43. The third-order valence-corrected chi connectivity index (χ3v) is 5.43. The molecule has 0 aliphatic carbocycles. The highest BCUT2D eigenvalue weighted by Crippen LogP contribution is 2.28. The maximum absolute atomic E-state index is 12.9. The van der Waals surface area contributed by atoms with Gasteiger partial charge in [-0.05, 0) is 48.5 Å². The van der Waals surface area contributed by atoms with E-state index in [9.17, 15) is 14.7 Å². The zero-order valence-electron chi connectivity index (χ0n) is 14.7. The van der Waals surface area contributed by atoms with E-state index in [1.54, 1.807) is 36.4 Å². The van der Waals surface area contributed by atoms with Crippen LogP contribution in [0.1, 0.15) is 6.42 Å². The first-order valence-electron chi connectivity index (χ1n) is 8.93. The minimum atomic E-state index is -0.407. The maximum atomic E-state index is 12.9. The molecule has 0 saturated carbocycles. The molecule has 1 N–H and O–H groups in total. The van der Waals surface area contributed by atoms with Crippen molar-refractivity contribution in [2.45, 2.75) is 12.5 Å². The number of amides is 2. The van der Waals surface area contributed by atoms with Gasteiger partial charge in [0.1, 0.15) is 5.75 Å². The number of carbonyl (C=O) groups excluding carboxylic acids is 2. The quantitative estimate of drug-likeness (QED) is 0.822. The van der Waals surface area contributed by atoms with Crippen LogP contribution < -0.4 is 9.80 Å². The van der Waals surface area contributed by atoms with Crippen molar-refractivity contribution in [3.05, 3.63) is 53.6 Å². The lowest BCUT2D eigenvalue weighted by Gasteiger charge is -2.38. The van der Waals surface area contributed by atoms with E-state index in [0.29, 0.717) is 23.8 Å². The smallest absolute Gasteiger partial charge is 0.251 e. The van der Waals surface area contributed by atoms with E-state index < -0.39 is 6.04 Å². The molecule has 2 amide bonds. The topological polar surface area (TPSA) is 64.1 Å². The summed E-state index contributed by atoms with van der Waals surface area (Å²) in [4.78, 5) is 30.9. The van der Waals surface area contributed by atoms with E-state index in [1.165, 1.54) is 4.90 Å². The van der Waals surface area contributed by atoms with E-state index >= 15 is 0 Å². The SMILES string of the molecule is O=C1C[C@H](N2CCN(c3ccc(O)cc3)CC2)C(=O)N1c1ccc(Cl)cc1. The zero-order valence-corrected chi connectivity index (χ0v) is 15.5. The summed E-state index contributed by atoms with van der Waals surface area (Å²) >= 11 is 5.90. The molecule has 2 saturated heterocycles. The fraction of sp³-hybridized carbons (Fsp3) is 0.300. The summed E-state index contributed by atoms with van der Waals surface area (Å²) in [5, 5.41) is 9.99. The Hall–Kier alpha value is -2.57. The Morgan fingerprint density at radius 1 is 0.852 bits per heavy atom. The molecule has 0 bridgehead atoms. The minimum absolute atomic E-state index is 0.166. The largest absolute Gasteiger partial charge is 0.508 e. The molecule has 2 aromatic carbocycles. The van der Waals surface area contributed by atoms with Crippen molar-refractivity contribution in [1.82, 2.24) is 4.90 Å². The second kappa shape index (κ2) is 7.21. The van der Waals surface area contributed by atoms with Gasteiger partial charge in [0.2, 0.25) is 5.91 Å². The number of phenolic OH excluding ortho intramolecular Hbond substituents is 1. The molecule has 1 atom stereocenters. The van der Waals surface area contributed by atoms with Crippen LogP contribution in [0.25, 0.3) is 0 Å². The van der Waals surface area contributed by atoms with Gasteiger partial charge in [-0.1, -0.05) is 11.6 Å². The Kier molecular flexibility index (Phi) is 4.76. The predicted molar refractivity (Wildman–Crippen MR) is 104 cm³/mol. The number of nitrogens with zero attached hydrogens (tertiary/aromatic N) is 3. The van der Waals surface area contributed by atoms with Crippen LogP contribution in [0.3, 0.4) is 0 Å². The van der Waals surface area contributed by atoms with Gasteiger partial charge in [-0.25, -0.2) is 4.90 Å². The minimum Gasteiger partial charge on any atom is -0.508 e. The molecular weight excluding hydrogens is 366 g/mol. The molecule has 0 unspecified atom stereocenters. The molecule has 2 heterocycles. The summed E-state index contributed by atoms with van der Waals surface area (Å²) in [6.07, 6.45) is 0.209. The van der Waals surface area contributed by atoms with Gasteiger partial charge in [0.25, 0.3) is 5.91 Å². The normalized spacial score (nSPS) is 21.1. The van der Waals surface area contributed by atoms with Crippen molar-refractivity contribution in [2.75, 3.05) is 36.0 Å². The lowest BCUT2D eigenvalue weighted by atomic mass is 10.1. The molecule has 0 radical (unpaired) electrons. The summed E-state index contributed by atoms with van der Waals surface area (Å²) in [5.41, 5.74) is 1.61. The molecule has 7 heteroatoms. The average molecular weight is 386 g/mol. The Balaban J connectivity index is 1.43. The molecule has 2 aliphatic heterocycles. The third kappa shape index (κ3) is 3.50. The van der Waals surface area contributed by atoms with Crippen LogP contribution in [0, 0.1) is 0 Å².